The molecule has 58 valence electrons. The minimum absolute atomic E-state index is 0. The molecule has 0 atom stereocenters. The molecule has 8 heteroatoms. The molecule has 8 N–H and O–H groups in total. The summed E-state index contributed by atoms with van der Waals surface area (Å²) in [5.41, 5.74) is 0. The predicted octanol–water partition coefficient (Wildman–Crippen LogP) is -0.588. The SMILES string of the molecule is O=S(=O)([O-])[O-].[NH4+].[NH4+].[Ni]. The van der Waals surface area contributed by atoms with Crippen LogP contribution in [0, 0.1) is 0 Å². The van der Waals surface area contributed by atoms with Gasteiger partial charge in [-0.2, -0.15) is 0 Å². The maximum Gasteiger partial charge on any atom is 0.0311 e. The van der Waals surface area contributed by atoms with Crippen LogP contribution < -0.4 is 12.3 Å². The second-order valence-electron chi connectivity index (χ2n) is 0.408. The van der Waals surface area contributed by atoms with Crippen LogP contribution in [0.15, 0.2) is 0 Å². The maximum absolute atomic E-state index is 8.52. The second kappa shape index (κ2) is 7.28. The first-order valence-corrected chi connectivity index (χ1v) is 2.00. The van der Waals surface area contributed by atoms with Gasteiger partial charge in [0.15, 0.2) is 0 Å². The van der Waals surface area contributed by atoms with Crippen molar-refractivity contribution in [3.8, 4) is 0 Å². The summed E-state index contributed by atoms with van der Waals surface area (Å²) in [7, 11) is -5.17. The molecule has 0 heterocycles. The summed E-state index contributed by atoms with van der Waals surface area (Å²) in [6.45, 7) is 0. The first-order chi connectivity index (χ1) is 2.00. The van der Waals surface area contributed by atoms with Crippen molar-refractivity contribution in [2.24, 2.45) is 0 Å². The standard InChI is InChI=1S/2H3N.Ni.H2O4S/c;;;1-5(2,3)4/h2*1H3;;(H2,1,2,3,4). The Bertz CT molecular complexity index is 97.2. The number of rotatable bonds is 0. The van der Waals surface area contributed by atoms with Gasteiger partial charge in [-0.3, -0.25) is 8.42 Å². The van der Waals surface area contributed by atoms with E-state index < -0.39 is 10.4 Å². The summed E-state index contributed by atoms with van der Waals surface area (Å²) in [5, 5.41) is 0. The normalized spacial score (nSPS) is 7.25. The van der Waals surface area contributed by atoms with Crippen LogP contribution in [0.1, 0.15) is 0 Å². The van der Waals surface area contributed by atoms with Gasteiger partial charge in [0, 0.05) is 26.9 Å². The Morgan fingerprint density at radius 1 is 1.00 bits per heavy atom. The van der Waals surface area contributed by atoms with Crippen LogP contribution in [0.3, 0.4) is 0 Å². The Morgan fingerprint density at radius 3 is 1.00 bits per heavy atom. The van der Waals surface area contributed by atoms with Crippen LogP contribution in [-0.4, -0.2) is 17.5 Å². The van der Waals surface area contributed by atoms with Crippen molar-refractivity contribution >= 4 is 10.4 Å². The summed E-state index contributed by atoms with van der Waals surface area (Å²) in [6.07, 6.45) is 0. The van der Waals surface area contributed by atoms with E-state index >= 15 is 0 Å². The molecule has 0 amide bonds. The van der Waals surface area contributed by atoms with Gasteiger partial charge in [-0.15, -0.1) is 0 Å². The molecule has 0 unspecified atom stereocenters. The predicted molar refractivity (Wildman–Crippen MR) is 22.4 cm³/mol. The third-order valence-electron chi connectivity index (χ3n) is 0. The fraction of sp³-hybridized carbons (Fsp3) is 0. The average Bonchev–Trinajstić information content (AvgIpc) is 0.722. The molecule has 8 heavy (non-hydrogen) atoms. The zero-order chi connectivity index (χ0) is 4.50. The molecule has 0 saturated carbocycles. The van der Waals surface area contributed by atoms with Crippen molar-refractivity contribution < 1.29 is 34.0 Å². The second-order valence-corrected chi connectivity index (χ2v) is 1.22. The quantitative estimate of drug-likeness (QED) is 0.298. The molecule has 0 spiro atoms. The van der Waals surface area contributed by atoms with Crippen molar-refractivity contribution in [2.45, 2.75) is 0 Å². The third-order valence-corrected chi connectivity index (χ3v) is 0. The van der Waals surface area contributed by atoms with Gasteiger partial charge in [-0.1, -0.05) is 0 Å². The molecule has 0 rings (SSSR count). The maximum atomic E-state index is 8.52. The smallest absolute Gasteiger partial charge is 0.0311 e. The molecule has 0 aliphatic heterocycles. The molecule has 0 aliphatic carbocycles. The topological polar surface area (TPSA) is 153 Å². The van der Waals surface area contributed by atoms with Gasteiger partial charge in [0.2, 0.25) is 0 Å². The Balaban J connectivity index is -0.0000000267. The Labute approximate surface area is 57.3 Å². The van der Waals surface area contributed by atoms with Crippen LogP contribution in [0.5, 0.6) is 0 Å². The van der Waals surface area contributed by atoms with Gasteiger partial charge in [0.05, 0.1) is 0 Å². The van der Waals surface area contributed by atoms with Crippen LogP contribution in [0.25, 0.3) is 0 Å². The van der Waals surface area contributed by atoms with E-state index in [4.69, 9.17) is 17.5 Å². The summed E-state index contributed by atoms with van der Waals surface area (Å²) < 4.78 is 34.1. The van der Waals surface area contributed by atoms with Crippen LogP contribution in [-0.2, 0) is 26.9 Å². The largest absolute Gasteiger partial charge is 0.759 e. The monoisotopic (exact) mass is 190 g/mol. The molecule has 0 radical (unpaired) electrons. The molecule has 0 aromatic heterocycles. The average molecular weight is 191 g/mol. The van der Waals surface area contributed by atoms with E-state index in [0.29, 0.717) is 0 Å². The molecule has 0 aromatic rings. The summed E-state index contributed by atoms with van der Waals surface area (Å²) in [5.74, 6) is 0. The van der Waals surface area contributed by atoms with E-state index in [9.17, 15) is 0 Å². The van der Waals surface area contributed by atoms with Crippen LogP contribution >= 0.6 is 0 Å². The van der Waals surface area contributed by atoms with E-state index in [1.54, 1.807) is 0 Å². The Hall–Kier alpha value is 0.284. The third kappa shape index (κ3) is 2180. The first-order valence-electron chi connectivity index (χ1n) is 0.667. The summed E-state index contributed by atoms with van der Waals surface area (Å²) >= 11 is 0. The van der Waals surface area contributed by atoms with E-state index in [0.717, 1.165) is 0 Å². The van der Waals surface area contributed by atoms with Crippen molar-refractivity contribution in [3.63, 3.8) is 0 Å². The zero-order valence-electron chi connectivity index (χ0n) is 4.36. The molecule has 0 fully saturated rings. The van der Waals surface area contributed by atoms with Crippen molar-refractivity contribution in [3.05, 3.63) is 0 Å². The van der Waals surface area contributed by atoms with Gasteiger partial charge in [0.1, 0.15) is 0 Å². The van der Waals surface area contributed by atoms with Crippen molar-refractivity contribution in [2.75, 3.05) is 0 Å². The van der Waals surface area contributed by atoms with Crippen LogP contribution in [0.4, 0.5) is 0 Å². The molecule has 0 bridgehead atoms. The van der Waals surface area contributed by atoms with Gasteiger partial charge in [-0.25, -0.2) is 0 Å². The molecule has 0 aliphatic rings. The fourth-order valence-electron chi connectivity index (χ4n) is 0. The number of quaternary nitrogens is 2. The van der Waals surface area contributed by atoms with E-state index in [2.05, 4.69) is 0 Å². The van der Waals surface area contributed by atoms with E-state index in [-0.39, 0.29) is 28.8 Å². The fourth-order valence-corrected chi connectivity index (χ4v) is 0. The van der Waals surface area contributed by atoms with E-state index in [1.165, 1.54) is 0 Å². The van der Waals surface area contributed by atoms with Crippen molar-refractivity contribution in [1.29, 1.82) is 0 Å². The molecular weight excluding hydrogens is 183 g/mol. The molecule has 0 aromatic carbocycles. The Kier molecular flexibility index (Phi) is 21.8. The number of hydrogen-bond acceptors (Lipinski definition) is 4. The molecule has 6 nitrogen and oxygen atoms in total. The first kappa shape index (κ1) is 23.9. The Morgan fingerprint density at radius 2 is 1.00 bits per heavy atom. The van der Waals surface area contributed by atoms with Crippen LogP contribution in [0.2, 0.25) is 0 Å². The van der Waals surface area contributed by atoms with Gasteiger partial charge in [0.25, 0.3) is 0 Å². The minimum Gasteiger partial charge on any atom is -0.759 e. The van der Waals surface area contributed by atoms with Gasteiger partial charge < -0.3 is 21.4 Å². The zero-order valence-corrected chi connectivity index (χ0v) is 6.16. The molecular formula is H8N2NiO4S. The minimum atomic E-state index is -5.17. The summed E-state index contributed by atoms with van der Waals surface area (Å²) in [6, 6.07) is 0. The van der Waals surface area contributed by atoms with E-state index in [1.807, 2.05) is 0 Å². The van der Waals surface area contributed by atoms with Gasteiger partial charge >= 0.3 is 0 Å². The number of hydrogen-bond donors (Lipinski definition) is 2. The van der Waals surface area contributed by atoms with Gasteiger partial charge in [-0.05, 0) is 0 Å². The summed E-state index contributed by atoms with van der Waals surface area (Å²) in [4.78, 5) is 0. The van der Waals surface area contributed by atoms with Crippen molar-refractivity contribution in [1.82, 2.24) is 12.3 Å². The molecule has 0 saturated heterocycles.